The van der Waals surface area contributed by atoms with Gasteiger partial charge >= 0.3 is 0 Å². The molecule has 1 aromatic carbocycles. The van der Waals surface area contributed by atoms with E-state index in [9.17, 15) is 0 Å². The van der Waals surface area contributed by atoms with Gasteiger partial charge in [0.2, 0.25) is 0 Å². The molecule has 1 unspecified atom stereocenters. The highest BCUT2D eigenvalue weighted by Gasteiger charge is 2.08. The maximum absolute atomic E-state index is 6.02. The third-order valence-corrected chi connectivity index (χ3v) is 2.75. The summed E-state index contributed by atoms with van der Waals surface area (Å²) in [7, 11) is 0. The van der Waals surface area contributed by atoms with Gasteiger partial charge in [0.05, 0.1) is 5.38 Å². The lowest BCUT2D eigenvalue weighted by molar-refractivity contribution is 1.06. The van der Waals surface area contributed by atoms with Crippen LogP contribution in [0.5, 0.6) is 0 Å². The van der Waals surface area contributed by atoms with Crippen LogP contribution in [0.1, 0.15) is 22.1 Å². The van der Waals surface area contributed by atoms with Crippen molar-refractivity contribution in [1.82, 2.24) is 0 Å². The fraction of sp³-hybridized carbons (Fsp3) is 0.400. The summed E-state index contributed by atoms with van der Waals surface area (Å²) in [6.45, 7) is 4.13. The van der Waals surface area contributed by atoms with Gasteiger partial charge < -0.3 is 0 Å². The van der Waals surface area contributed by atoms with E-state index in [1.54, 1.807) is 0 Å². The molecule has 1 atom stereocenters. The van der Waals surface area contributed by atoms with Crippen molar-refractivity contribution in [3.8, 4) is 0 Å². The molecule has 0 N–H and O–H groups in total. The number of aryl methyl sites for hydroxylation is 2. The largest absolute Gasteiger partial charge is 0.125 e. The third-order valence-electron chi connectivity index (χ3n) is 1.90. The predicted octanol–water partition coefficient (Wildman–Crippen LogP) is 3.82. The Morgan fingerprint density at radius 3 is 2.50 bits per heavy atom. The van der Waals surface area contributed by atoms with Crippen molar-refractivity contribution in [2.24, 2.45) is 0 Å². The molecule has 0 spiro atoms. The Balaban J connectivity index is 3.01. The molecule has 2 heteroatoms. The van der Waals surface area contributed by atoms with Crippen LogP contribution >= 0.6 is 23.2 Å². The van der Waals surface area contributed by atoms with Crippen LogP contribution in [0.2, 0.25) is 0 Å². The maximum Gasteiger partial charge on any atom is 0.0723 e. The van der Waals surface area contributed by atoms with Crippen LogP contribution in [0.3, 0.4) is 0 Å². The molecule has 0 aromatic heterocycles. The molecule has 66 valence electrons. The molecule has 0 nitrogen and oxygen atoms in total. The molecule has 0 aliphatic rings. The van der Waals surface area contributed by atoms with Crippen molar-refractivity contribution in [3.63, 3.8) is 0 Å². The van der Waals surface area contributed by atoms with Crippen LogP contribution < -0.4 is 0 Å². The number of benzene rings is 1. The van der Waals surface area contributed by atoms with Gasteiger partial charge in [-0.05, 0) is 25.0 Å². The van der Waals surface area contributed by atoms with Crippen molar-refractivity contribution < 1.29 is 0 Å². The molecule has 0 saturated carbocycles. The van der Waals surface area contributed by atoms with E-state index in [2.05, 4.69) is 26.0 Å². The molecule has 0 heterocycles. The van der Waals surface area contributed by atoms with Gasteiger partial charge in [-0.1, -0.05) is 23.8 Å². The number of halogens is 2. The van der Waals surface area contributed by atoms with Gasteiger partial charge in [-0.15, -0.1) is 23.2 Å². The lowest BCUT2D eigenvalue weighted by Crippen LogP contribution is -1.95. The lowest BCUT2D eigenvalue weighted by Gasteiger charge is -2.09. The Morgan fingerprint density at radius 2 is 2.00 bits per heavy atom. The van der Waals surface area contributed by atoms with Crippen molar-refractivity contribution in [2.75, 3.05) is 5.88 Å². The summed E-state index contributed by atoms with van der Waals surface area (Å²) in [5, 5.41) is -0.0627. The smallest absolute Gasteiger partial charge is 0.0723 e. The molecule has 0 bridgehead atoms. The van der Waals surface area contributed by atoms with Crippen LogP contribution in [0.4, 0.5) is 0 Å². The fourth-order valence-electron chi connectivity index (χ4n) is 1.26. The SMILES string of the molecule is Cc1ccc(C(Cl)CCl)c(C)c1. The van der Waals surface area contributed by atoms with Crippen LogP contribution in [0.25, 0.3) is 0 Å². The predicted molar refractivity (Wildman–Crippen MR) is 55.2 cm³/mol. The minimum atomic E-state index is -0.0627. The average Bonchev–Trinajstić information content (AvgIpc) is 2.03. The van der Waals surface area contributed by atoms with Crippen LogP contribution in [-0.4, -0.2) is 5.88 Å². The summed E-state index contributed by atoms with van der Waals surface area (Å²) < 4.78 is 0. The first-order valence-corrected chi connectivity index (χ1v) is 4.89. The summed E-state index contributed by atoms with van der Waals surface area (Å²) in [6, 6.07) is 6.23. The molecular weight excluding hydrogens is 191 g/mol. The molecule has 0 amide bonds. The van der Waals surface area contributed by atoms with Gasteiger partial charge in [-0.25, -0.2) is 0 Å². The minimum absolute atomic E-state index is 0.0627. The number of alkyl halides is 2. The summed E-state index contributed by atoms with van der Waals surface area (Å²) in [5.74, 6) is 0.464. The first kappa shape index (κ1) is 9.88. The van der Waals surface area contributed by atoms with Gasteiger partial charge in [-0.3, -0.25) is 0 Å². The number of hydrogen-bond donors (Lipinski definition) is 0. The van der Waals surface area contributed by atoms with Gasteiger partial charge in [0.1, 0.15) is 0 Å². The standard InChI is InChI=1S/C10H12Cl2/c1-7-3-4-9(8(2)5-7)10(12)6-11/h3-5,10H,6H2,1-2H3. The molecule has 12 heavy (non-hydrogen) atoms. The van der Waals surface area contributed by atoms with Crippen molar-refractivity contribution >= 4 is 23.2 Å². The zero-order chi connectivity index (χ0) is 9.14. The van der Waals surface area contributed by atoms with Gasteiger partial charge in [0.25, 0.3) is 0 Å². The normalized spacial score (nSPS) is 13.0. The topological polar surface area (TPSA) is 0 Å². The van der Waals surface area contributed by atoms with Gasteiger partial charge in [0, 0.05) is 5.88 Å². The van der Waals surface area contributed by atoms with E-state index in [-0.39, 0.29) is 5.38 Å². The van der Waals surface area contributed by atoms with E-state index in [1.165, 1.54) is 11.1 Å². The highest BCUT2D eigenvalue weighted by atomic mass is 35.5. The average molecular weight is 203 g/mol. The molecule has 0 aliphatic carbocycles. The lowest BCUT2D eigenvalue weighted by atomic mass is 10.0. The zero-order valence-corrected chi connectivity index (χ0v) is 8.78. The molecule has 1 rings (SSSR count). The molecule has 0 aliphatic heterocycles. The Morgan fingerprint density at radius 1 is 1.33 bits per heavy atom. The van der Waals surface area contributed by atoms with E-state index in [0.717, 1.165) is 5.56 Å². The highest BCUT2D eigenvalue weighted by molar-refractivity contribution is 6.28. The summed E-state index contributed by atoms with van der Waals surface area (Å²) in [5.41, 5.74) is 3.61. The third kappa shape index (κ3) is 2.15. The monoisotopic (exact) mass is 202 g/mol. The van der Waals surface area contributed by atoms with Gasteiger partial charge in [0.15, 0.2) is 0 Å². The molecule has 0 radical (unpaired) electrons. The number of rotatable bonds is 2. The zero-order valence-electron chi connectivity index (χ0n) is 7.27. The Labute approximate surface area is 83.5 Å². The van der Waals surface area contributed by atoms with Gasteiger partial charge in [-0.2, -0.15) is 0 Å². The quantitative estimate of drug-likeness (QED) is 0.641. The molecule has 0 fully saturated rings. The second-order valence-corrected chi connectivity index (χ2v) is 3.82. The Kier molecular flexibility index (Phi) is 3.42. The first-order chi connectivity index (χ1) is 5.65. The van der Waals surface area contributed by atoms with Crippen molar-refractivity contribution in [3.05, 3.63) is 34.9 Å². The van der Waals surface area contributed by atoms with E-state index < -0.39 is 0 Å². The van der Waals surface area contributed by atoms with E-state index in [4.69, 9.17) is 23.2 Å². The maximum atomic E-state index is 6.02. The first-order valence-electron chi connectivity index (χ1n) is 3.92. The van der Waals surface area contributed by atoms with Crippen LogP contribution in [0.15, 0.2) is 18.2 Å². The van der Waals surface area contributed by atoms with Crippen LogP contribution in [0, 0.1) is 13.8 Å². The molecule has 1 aromatic rings. The molecular formula is C10H12Cl2. The second kappa shape index (κ2) is 4.15. The minimum Gasteiger partial charge on any atom is -0.125 e. The van der Waals surface area contributed by atoms with E-state index in [1.807, 2.05) is 6.07 Å². The Hall–Kier alpha value is -0.200. The molecule has 0 saturated heterocycles. The van der Waals surface area contributed by atoms with Crippen molar-refractivity contribution in [2.45, 2.75) is 19.2 Å². The van der Waals surface area contributed by atoms with Crippen molar-refractivity contribution in [1.29, 1.82) is 0 Å². The summed E-state index contributed by atoms with van der Waals surface area (Å²) in [4.78, 5) is 0. The van der Waals surface area contributed by atoms with Crippen LogP contribution in [-0.2, 0) is 0 Å². The van der Waals surface area contributed by atoms with E-state index in [0.29, 0.717) is 5.88 Å². The fourth-order valence-corrected chi connectivity index (χ4v) is 1.67. The number of hydrogen-bond acceptors (Lipinski definition) is 0. The second-order valence-electron chi connectivity index (χ2n) is 2.98. The van der Waals surface area contributed by atoms with E-state index >= 15 is 0 Å². The highest BCUT2D eigenvalue weighted by Crippen LogP contribution is 2.25. The Bertz CT molecular complexity index is 269. The summed E-state index contributed by atoms with van der Waals surface area (Å²) >= 11 is 11.7. The summed E-state index contributed by atoms with van der Waals surface area (Å²) in [6.07, 6.45) is 0.